The molecule has 2 aromatic heterocycles. The summed E-state index contributed by atoms with van der Waals surface area (Å²) in [4.78, 5) is 4.09. The molecule has 0 aromatic carbocycles. The van der Waals surface area contributed by atoms with Gasteiger partial charge in [-0.1, -0.05) is 0 Å². The summed E-state index contributed by atoms with van der Waals surface area (Å²) >= 11 is 3.40. The second-order valence-corrected chi connectivity index (χ2v) is 4.58. The Morgan fingerprint density at radius 2 is 2.22 bits per heavy atom. The predicted octanol–water partition coefficient (Wildman–Crippen LogP) is 2.15. The molecule has 0 spiro atoms. The summed E-state index contributed by atoms with van der Waals surface area (Å²) in [6.45, 7) is 2.67. The topological polar surface area (TPSA) is 60.2 Å². The number of methoxy groups -OCH3 is 1. The molecular formula is C12H14BrN3O2. The first-order valence-electron chi connectivity index (χ1n) is 5.56. The molecule has 0 aliphatic heterocycles. The maximum absolute atomic E-state index is 10.4. The summed E-state index contributed by atoms with van der Waals surface area (Å²) in [5.74, 6) is 0.522. The molecule has 0 saturated carbocycles. The van der Waals surface area contributed by atoms with E-state index in [1.165, 1.54) is 0 Å². The van der Waals surface area contributed by atoms with Gasteiger partial charge in [0.05, 0.1) is 23.5 Å². The number of aliphatic hydroxyl groups excluding tert-OH is 1. The molecule has 5 nitrogen and oxygen atoms in total. The van der Waals surface area contributed by atoms with Gasteiger partial charge in [0, 0.05) is 24.4 Å². The van der Waals surface area contributed by atoms with Crippen molar-refractivity contribution >= 4 is 15.9 Å². The van der Waals surface area contributed by atoms with Crippen molar-refractivity contribution in [1.82, 2.24) is 14.8 Å². The summed E-state index contributed by atoms with van der Waals surface area (Å²) < 4.78 is 7.52. The average molecular weight is 312 g/mol. The lowest BCUT2D eigenvalue weighted by atomic mass is 10.1. The zero-order chi connectivity index (χ0) is 13.1. The molecule has 2 rings (SSSR count). The van der Waals surface area contributed by atoms with Crippen molar-refractivity contribution < 1.29 is 9.84 Å². The second kappa shape index (κ2) is 5.49. The molecule has 0 fully saturated rings. The van der Waals surface area contributed by atoms with Crippen LogP contribution in [0.2, 0.25) is 0 Å². The largest absolute Gasteiger partial charge is 0.481 e. The summed E-state index contributed by atoms with van der Waals surface area (Å²) in [5, 5.41) is 14.5. The van der Waals surface area contributed by atoms with E-state index in [9.17, 15) is 5.11 Å². The molecular weight excluding hydrogens is 298 g/mol. The van der Waals surface area contributed by atoms with Crippen molar-refractivity contribution in [3.05, 3.63) is 40.3 Å². The van der Waals surface area contributed by atoms with Crippen LogP contribution in [0.3, 0.4) is 0 Å². The molecule has 2 aromatic rings. The first-order chi connectivity index (χ1) is 8.67. The lowest BCUT2D eigenvalue weighted by molar-refractivity contribution is 0.206. The van der Waals surface area contributed by atoms with Gasteiger partial charge in [0.25, 0.3) is 0 Å². The molecule has 18 heavy (non-hydrogen) atoms. The predicted molar refractivity (Wildman–Crippen MR) is 70.5 cm³/mol. The van der Waals surface area contributed by atoms with Gasteiger partial charge in [-0.25, -0.2) is 4.98 Å². The highest BCUT2D eigenvalue weighted by Crippen LogP contribution is 2.28. The number of aromatic nitrogens is 3. The van der Waals surface area contributed by atoms with Gasteiger partial charge < -0.3 is 9.84 Å². The molecule has 0 saturated heterocycles. The van der Waals surface area contributed by atoms with E-state index in [0.717, 1.165) is 10.2 Å². The third-order valence-electron chi connectivity index (χ3n) is 2.68. The highest BCUT2D eigenvalue weighted by atomic mass is 79.9. The fourth-order valence-electron chi connectivity index (χ4n) is 1.73. The molecule has 0 amide bonds. The monoisotopic (exact) mass is 311 g/mol. The number of ether oxygens (including phenoxy) is 1. The third-order valence-corrected chi connectivity index (χ3v) is 3.29. The Morgan fingerprint density at radius 1 is 1.44 bits per heavy atom. The Bertz CT molecular complexity index is 525. The van der Waals surface area contributed by atoms with Crippen LogP contribution in [0, 0.1) is 0 Å². The number of rotatable bonds is 4. The van der Waals surface area contributed by atoms with E-state index in [-0.39, 0.29) is 0 Å². The smallest absolute Gasteiger partial charge is 0.212 e. The van der Waals surface area contributed by atoms with Gasteiger partial charge in [-0.15, -0.1) is 0 Å². The molecule has 0 aliphatic carbocycles. The van der Waals surface area contributed by atoms with Crippen molar-refractivity contribution in [2.75, 3.05) is 7.11 Å². The molecule has 1 atom stereocenters. The molecule has 0 radical (unpaired) electrons. The average Bonchev–Trinajstić information content (AvgIpc) is 2.79. The number of aliphatic hydroxyl groups is 1. The minimum atomic E-state index is -0.764. The van der Waals surface area contributed by atoms with Crippen LogP contribution in [0.25, 0.3) is 0 Å². The highest BCUT2D eigenvalue weighted by molar-refractivity contribution is 9.10. The molecule has 1 unspecified atom stereocenters. The van der Waals surface area contributed by atoms with Crippen molar-refractivity contribution in [2.45, 2.75) is 19.6 Å². The van der Waals surface area contributed by atoms with Crippen LogP contribution >= 0.6 is 15.9 Å². The third kappa shape index (κ3) is 2.39. The molecule has 0 aliphatic rings. The SMILES string of the molecule is CCn1ncc(Br)c1C(O)c1ccc(OC)nc1. The van der Waals surface area contributed by atoms with Gasteiger partial charge in [-0.05, 0) is 28.9 Å². The van der Waals surface area contributed by atoms with E-state index < -0.39 is 6.10 Å². The molecule has 2 heterocycles. The van der Waals surface area contributed by atoms with Crippen molar-refractivity contribution in [2.24, 2.45) is 0 Å². The lowest BCUT2D eigenvalue weighted by Gasteiger charge is -2.13. The zero-order valence-corrected chi connectivity index (χ0v) is 11.8. The number of hydrogen-bond acceptors (Lipinski definition) is 4. The van der Waals surface area contributed by atoms with E-state index >= 15 is 0 Å². The lowest BCUT2D eigenvalue weighted by Crippen LogP contribution is -2.10. The number of halogens is 1. The van der Waals surface area contributed by atoms with Gasteiger partial charge >= 0.3 is 0 Å². The fraction of sp³-hybridized carbons (Fsp3) is 0.333. The molecule has 96 valence electrons. The first kappa shape index (κ1) is 13.0. The van der Waals surface area contributed by atoms with Gasteiger partial charge in [0.1, 0.15) is 6.10 Å². The van der Waals surface area contributed by atoms with Crippen LogP contribution in [-0.4, -0.2) is 27.0 Å². The van der Waals surface area contributed by atoms with Crippen LogP contribution in [0.1, 0.15) is 24.3 Å². The first-order valence-corrected chi connectivity index (χ1v) is 6.35. The maximum Gasteiger partial charge on any atom is 0.212 e. The van der Waals surface area contributed by atoms with Crippen molar-refractivity contribution in [3.8, 4) is 5.88 Å². The fourth-order valence-corrected chi connectivity index (χ4v) is 2.24. The van der Waals surface area contributed by atoms with Crippen LogP contribution in [-0.2, 0) is 6.54 Å². The second-order valence-electron chi connectivity index (χ2n) is 3.73. The quantitative estimate of drug-likeness (QED) is 0.940. The highest BCUT2D eigenvalue weighted by Gasteiger charge is 2.19. The molecule has 6 heteroatoms. The van der Waals surface area contributed by atoms with Crippen LogP contribution < -0.4 is 4.74 Å². The van der Waals surface area contributed by atoms with E-state index in [4.69, 9.17) is 4.74 Å². The van der Waals surface area contributed by atoms with Crippen molar-refractivity contribution in [1.29, 1.82) is 0 Å². The Morgan fingerprint density at radius 3 is 2.78 bits per heavy atom. The summed E-state index contributed by atoms with van der Waals surface area (Å²) in [5.41, 5.74) is 1.43. The summed E-state index contributed by atoms with van der Waals surface area (Å²) in [6.07, 6.45) is 2.52. The van der Waals surface area contributed by atoms with E-state index in [1.807, 2.05) is 6.92 Å². The van der Waals surface area contributed by atoms with Crippen LogP contribution in [0.4, 0.5) is 0 Å². The number of nitrogens with zero attached hydrogens (tertiary/aromatic N) is 3. The number of aryl methyl sites for hydroxylation is 1. The van der Waals surface area contributed by atoms with Crippen LogP contribution in [0.5, 0.6) is 5.88 Å². The Balaban J connectivity index is 2.34. The zero-order valence-electron chi connectivity index (χ0n) is 10.2. The van der Waals surface area contributed by atoms with Crippen LogP contribution in [0.15, 0.2) is 29.0 Å². The maximum atomic E-state index is 10.4. The summed E-state index contributed by atoms with van der Waals surface area (Å²) in [6, 6.07) is 3.51. The number of pyridine rings is 1. The van der Waals surface area contributed by atoms with Gasteiger partial charge in [-0.2, -0.15) is 5.10 Å². The van der Waals surface area contributed by atoms with E-state index in [1.54, 1.807) is 36.3 Å². The normalized spacial score (nSPS) is 12.4. The molecule has 0 bridgehead atoms. The standard InChI is InChI=1S/C12H14BrN3O2/c1-3-16-11(9(13)7-15-16)12(17)8-4-5-10(18-2)14-6-8/h4-7,12,17H,3H2,1-2H3. The minimum Gasteiger partial charge on any atom is -0.481 e. The summed E-state index contributed by atoms with van der Waals surface area (Å²) in [7, 11) is 1.56. The Kier molecular flexibility index (Phi) is 3.98. The Labute approximate surface area is 114 Å². The molecule has 1 N–H and O–H groups in total. The minimum absolute atomic E-state index is 0.522. The van der Waals surface area contributed by atoms with Gasteiger partial charge in [-0.3, -0.25) is 4.68 Å². The van der Waals surface area contributed by atoms with Gasteiger partial charge in [0.15, 0.2) is 0 Å². The van der Waals surface area contributed by atoms with Gasteiger partial charge in [0.2, 0.25) is 5.88 Å². The Hall–Kier alpha value is -1.40. The van der Waals surface area contributed by atoms with E-state index in [0.29, 0.717) is 18.0 Å². The number of hydrogen-bond donors (Lipinski definition) is 1. The van der Waals surface area contributed by atoms with Crippen molar-refractivity contribution in [3.63, 3.8) is 0 Å². The van der Waals surface area contributed by atoms with E-state index in [2.05, 4.69) is 26.0 Å².